The molecule has 0 heterocycles. The molecule has 0 aromatic heterocycles. The Morgan fingerprint density at radius 3 is 2.08 bits per heavy atom. The van der Waals surface area contributed by atoms with Crippen LogP contribution in [-0.2, 0) is 23.8 Å². The van der Waals surface area contributed by atoms with Crippen molar-refractivity contribution in [2.45, 2.75) is 38.3 Å². The Bertz CT molecular complexity index is 1140. The van der Waals surface area contributed by atoms with Gasteiger partial charge in [0.15, 0.2) is 6.04 Å². The highest BCUT2D eigenvalue weighted by atomic mass is 16.6. The molecule has 202 valence electrons. The Balaban J connectivity index is 1.58. The van der Waals surface area contributed by atoms with E-state index in [0.717, 1.165) is 22.3 Å². The third kappa shape index (κ3) is 6.90. The van der Waals surface area contributed by atoms with Crippen molar-refractivity contribution >= 4 is 24.1 Å². The number of carboxylic acids is 1. The minimum atomic E-state index is -1.56. The number of nitrogens with one attached hydrogen (secondary N) is 2. The maximum atomic E-state index is 12.6. The molecule has 1 aliphatic carbocycles. The van der Waals surface area contributed by atoms with Crippen LogP contribution < -0.4 is 10.6 Å². The van der Waals surface area contributed by atoms with Gasteiger partial charge in [-0.1, -0.05) is 81.5 Å². The smallest absolute Gasteiger partial charge is 0.408 e. The van der Waals surface area contributed by atoms with Gasteiger partial charge in [0.05, 0.1) is 0 Å². The van der Waals surface area contributed by atoms with Crippen LogP contribution in [0, 0.1) is 5.92 Å². The molecule has 0 saturated heterocycles. The molecule has 3 N–H and O–H groups in total. The van der Waals surface area contributed by atoms with Crippen molar-refractivity contribution < 1.29 is 38.5 Å². The van der Waals surface area contributed by atoms with E-state index in [1.54, 1.807) is 6.92 Å². The number of hydrogen-bond donors (Lipinski definition) is 3. The monoisotopic (exact) mass is 524 g/mol. The van der Waals surface area contributed by atoms with Crippen LogP contribution in [0.25, 0.3) is 11.1 Å². The first kappa shape index (κ1) is 28.2. The molecule has 0 bridgehead atoms. The number of carbonyl (C=O) groups excluding carboxylic acids is 3. The molecular formula is C28H32N2O8. The highest BCUT2D eigenvalue weighted by Crippen LogP contribution is 2.44. The van der Waals surface area contributed by atoms with Gasteiger partial charge in [-0.05, 0) is 28.2 Å². The summed E-state index contributed by atoms with van der Waals surface area (Å²) < 4.78 is 15.4. The van der Waals surface area contributed by atoms with Gasteiger partial charge >= 0.3 is 24.1 Å². The van der Waals surface area contributed by atoms with E-state index in [0.29, 0.717) is 6.42 Å². The van der Waals surface area contributed by atoms with E-state index < -0.39 is 42.8 Å². The Morgan fingerprint density at radius 1 is 0.947 bits per heavy atom. The summed E-state index contributed by atoms with van der Waals surface area (Å²) in [5.74, 6) is -2.78. The maximum Gasteiger partial charge on any atom is 0.408 e. The average molecular weight is 525 g/mol. The minimum Gasteiger partial charge on any atom is -0.480 e. The number of hydrogen-bond acceptors (Lipinski definition) is 7. The van der Waals surface area contributed by atoms with E-state index in [4.69, 9.17) is 14.2 Å². The van der Waals surface area contributed by atoms with Crippen LogP contribution in [0.15, 0.2) is 61.2 Å². The van der Waals surface area contributed by atoms with Crippen molar-refractivity contribution in [3.05, 3.63) is 72.3 Å². The first-order valence-corrected chi connectivity index (χ1v) is 12.3. The second-order valence-corrected chi connectivity index (χ2v) is 8.89. The lowest BCUT2D eigenvalue weighted by Crippen LogP contribution is -2.49. The van der Waals surface area contributed by atoms with E-state index in [-0.39, 0.29) is 25.0 Å². The third-order valence-electron chi connectivity index (χ3n) is 6.40. The SMILES string of the molecule is C=CCOC(=O)N[C@@H](C(=O)OC[C@@H](NC(=O)OCC1c2ccccc2-c2ccccc21)C(=O)O)C(C)CC. The van der Waals surface area contributed by atoms with Crippen molar-refractivity contribution in [3.63, 3.8) is 0 Å². The number of amides is 2. The number of carbonyl (C=O) groups is 4. The molecule has 0 saturated carbocycles. The molecule has 2 aromatic rings. The summed E-state index contributed by atoms with van der Waals surface area (Å²) in [4.78, 5) is 48.8. The largest absolute Gasteiger partial charge is 0.480 e. The number of esters is 1. The van der Waals surface area contributed by atoms with Gasteiger partial charge in [-0.15, -0.1) is 0 Å². The Kier molecular flexibility index (Phi) is 9.86. The molecule has 0 fully saturated rings. The maximum absolute atomic E-state index is 12.6. The van der Waals surface area contributed by atoms with Crippen molar-refractivity contribution in [3.8, 4) is 11.1 Å². The Morgan fingerprint density at radius 2 is 1.53 bits per heavy atom. The van der Waals surface area contributed by atoms with Crippen molar-refractivity contribution in [1.29, 1.82) is 0 Å². The lowest BCUT2D eigenvalue weighted by atomic mass is 9.98. The molecule has 0 spiro atoms. The lowest BCUT2D eigenvalue weighted by molar-refractivity contribution is -0.151. The van der Waals surface area contributed by atoms with Gasteiger partial charge in [0.2, 0.25) is 0 Å². The molecule has 0 aliphatic heterocycles. The van der Waals surface area contributed by atoms with Gasteiger partial charge in [-0.2, -0.15) is 0 Å². The number of benzene rings is 2. The van der Waals surface area contributed by atoms with E-state index in [1.807, 2.05) is 55.5 Å². The highest BCUT2D eigenvalue weighted by molar-refractivity contribution is 5.83. The average Bonchev–Trinajstić information content (AvgIpc) is 3.24. The summed E-state index contributed by atoms with van der Waals surface area (Å²) in [7, 11) is 0. The van der Waals surface area contributed by atoms with Gasteiger partial charge in [-0.3, -0.25) is 0 Å². The first-order valence-electron chi connectivity index (χ1n) is 12.3. The molecule has 38 heavy (non-hydrogen) atoms. The molecule has 1 unspecified atom stereocenters. The normalized spacial score (nSPS) is 14.2. The van der Waals surface area contributed by atoms with Crippen molar-refractivity contribution in [1.82, 2.24) is 10.6 Å². The molecule has 10 heteroatoms. The fraction of sp³-hybridized carbons (Fsp3) is 0.357. The van der Waals surface area contributed by atoms with Crippen molar-refractivity contribution in [2.75, 3.05) is 19.8 Å². The van der Waals surface area contributed by atoms with Crippen LogP contribution in [0.4, 0.5) is 9.59 Å². The number of alkyl carbamates (subject to hydrolysis) is 2. The second kappa shape index (κ2) is 13.3. The lowest BCUT2D eigenvalue weighted by Gasteiger charge is -2.23. The molecule has 1 aliphatic rings. The van der Waals surface area contributed by atoms with E-state index in [9.17, 15) is 24.3 Å². The number of fused-ring (bicyclic) bond motifs is 3. The molecule has 2 aromatic carbocycles. The summed E-state index contributed by atoms with van der Waals surface area (Å²) in [6, 6.07) is 13.0. The zero-order valence-corrected chi connectivity index (χ0v) is 21.3. The predicted octanol–water partition coefficient (Wildman–Crippen LogP) is 3.85. The predicted molar refractivity (Wildman–Crippen MR) is 139 cm³/mol. The van der Waals surface area contributed by atoms with Crippen LogP contribution in [0.3, 0.4) is 0 Å². The molecule has 2 amide bonds. The van der Waals surface area contributed by atoms with Gasteiger partial charge in [-0.25, -0.2) is 19.2 Å². The molecule has 3 atom stereocenters. The number of aliphatic carboxylic acids is 1. The zero-order chi connectivity index (χ0) is 27.7. The summed E-state index contributed by atoms with van der Waals surface area (Å²) in [6.45, 7) is 6.29. The summed E-state index contributed by atoms with van der Waals surface area (Å²) in [6.07, 6.45) is 0.114. The molecule has 0 radical (unpaired) electrons. The topological polar surface area (TPSA) is 140 Å². The van der Waals surface area contributed by atoms with E-state index >= 15 is 0 Å². The van der Waals surface area contributed by atoms with Gasteiger partial charge in [0.1, 0.15) is 25.9 Å². The Labute approximate surface area is 221 Å². The molecular weight excluding hydrogens is 492 g/mol. The summed E-state index contributed by atoms with van der Waals surface area (Å²) in [5, 5.41) is 14.2. The highest BCUT2D eigenvalue weighted by Gasteiger charge is 2.32. The van der Waals surface area contributed by atoms with Gasteiger partial charge in [0.25, 0.3) is 0 Å². The van der Waals surface area contributed by atoms with Crippen LogP contribution >= 0.6 is 0 Å². The minimum absolute atomic E-state index is 0.00117. The second-order valence-electron chi connectivity index (χ2n) is 8.89. The molecule has 3 rings (SSSR count). The fourth-order valence-corrected chi connectivity index (χ4v) is 4.18. The van der Waals surface area contributed by atoms with Crippen LogP contribution in [-0.4, -0.2) is 61.1 Å². The summed E-state index contributed by atoms with van der Waals surface area (Å²) >= 11 is 0. The van der Waals surface area contributed by atoms with Gasteiger partial charge < -0.3 is 30.0 Å². The van der Waals surface area contributed by atoms with Crippen LogP contribution in [0.2, 0.25) is 0 Å². The van der Waals surface area contributed by atoms with Crippen molar-refractivity contribution in [2.24, 2.45) is 5.92 Å². The fourth-order valence-electron chi connectivity index (χ4n) is 4.18. The zero-order valence-electron chi connectivity index (χ0n) is 21.3. The number of ether oxygens (including phenoxy) is 3. The van der Waals surface area contributed by atoms with E-state index in [1.165, 1.54) is 6.08 Å². The van der Waals surface area contributed by atoms with Crippen LogP contribution in [0.5, 0.6) is 0 Å². The number of rotatable bonds is 12. The quantitative estimate of drug-likeness (QED) is 0.216. The van der Waals surface area contributed by atoms with Gasteiger partial charge in [0, 0.05) is 5.92 Å². The standard InChI is InChI=1S/C28H32N2O8/c1-4-14-36-28(35)30-24(17(3)5-2)26(33)37-16-23(25(31)32)29-27(34)38-15-22-20-12-8-6-10-18(20)19-11-7-9-13-21(19)22/h4,6-13,17,22-24H,1,5,14-16H2,2-3H3,(H,29,34)(H,30,35)(H,31,32)/t17?,23-,24-/m1/s1. The number of carboxylic acid groups (broad SMARTS) is 1. The Hall–Kier alpha value is -4.34. The molecule has 10 nitrogen and oxygen atoms in total. The third-order valence-corrected chi connectivity index (χ3v) is 6.40. The summed E-state index contributed by atoms with van der Waals surface area (Å²) in [5.41, 5.74) is 4.15. The van der Waals surface area contributed by atoms with Crippen LogP contribution in [0.1, 0.15) is 37.3 Å². The first-order chi connectivity index (χ1) is 18.3. The van der Waals surface area contributed by atoms with E-state index in [2.05, 4.69) is 17.2 Å².